The van der Waals surface area contributed by atoms with E-state index in [1.807, 2.05) is 0 Å². The summed E-state index contributed by atoms with van der Waals surface area (Å²) < 4.78 is 26.9. The van der Waals surface area contributed by atoms with Crippen molar-refractivity contribution in [2.45, 2.75) is 12.8 Å². The molecule has 1 aliphatic heterocycles. The lowest BCUT2D eigenvalue weighted by Crippen LogP contribution is -2.43. The lowest BCUT2D eigenvalue weighted by molar-refractivity contribution is 0.0695. The van der Waals surface area contributed by atoms with Crippen LogP contribution in [0.3, 0.4) is 0 Å². The van der Waals surface area contributed by atoms with E-state index in [-0.39, 0.29) is 5.56 Å². The summed E-state index contributed by atoms with van der Waals surface area (Å²) in [7, 11) is -0.656. The van der Waals surface area contributed by atoms with E-state index >= 15 is 0 Å². The Labute approximate surface area is 112 Å². The number of hydrogen-bond acceptors (Lipinski definition) is 3. The summed E-state index contributed by atoms with van der Waals surface area (Å²) in [5.41, 5.74) is 1.24. The third kappa shape index (κ3) is 2.31. The number of rotatable bonds is 3. The highest BCUT2D eigenvalue weighted by atomic mass is 32.2. The molecule has 19 heavy (non-hydrogen) atoms. The molecular weight excluding hydrogens is 268 g/mol. The van der Waals surface area contributed by atoms with Crippen LogP contribution in [0.2, 0.25) is 0 Å². The van der Waals surface area contributed by atoms with Gasteiger partial charge >= 0.3 is 16.2 Å². The number of benzene rings is 1. The average molecular weight is 284 g/mol. The summed E-state index contributed by atoms with van der Waals surface area (Å²) in [5, 5.41) is 9.16. The zero-order chi connectivity index (χ0) is 14.2. The van der Waals surface area contributed by atoms with Gasteiger partial charge in [0, 0.05) is 20.6 Å². The first-order valence-corrected chi connectivity index (χ1v) is 7.31. The summed E-state index contributed by atoms with van der Waals surface area (Å²) >= 11 is 0. The fourth-order valence-corrected chi connectivity index (χ4v) is 3.40. The first-order valence-electron chi connectivity index (χ1n) is 5.91. The van der Waals surface area contributed by atoms with Crippen LogP contribution in [0.4, 0.5) is 5.69 Å². The first kappa shape index (κ1) is 13.8. The van der Waals surface area contributed by atoms with Crippen molar-refractivity contribution in [3.05, 3.63) is 29.3 Å². The topological polar surface area (TPSA) is 77.9 Å². The van der Waals surface area contributed by atoms with Gasteiger partial charge in [-0.25, -0.2) is 4.79 Å². The molecule has 1 aliphatic rings. The monoisotopic (exact) mass is 284 g/mol. The number of fused-ring (bicyclic) bond motifs is 1. The molecule has 0 atom stereocenters. The van der Waals surface area contributed by atoms with E-state index in [4.69, 9.17) is 5.11 Å². The van der Waals surface area contributed by atoms with E-state index in [1.165, 1.54) is 24.5 Å². The molecule has 0 saturated heterocycles. The molecule has 0 amide bonds. The fraction of sp³-hybridized carbons (Fsp3) is 0.417. The Hall–Kier alpha value is -1.60. The number of carboxylic acid groups (broad SMARTS) is 1. The summed E-state index contributed by atoms with van der Waals surface area (Å²) in [6, 6.07) is 4.74. The van der Waals surface area contributed by atoms with Crippen LogP contribution in [-0.4, -0.2) is 44.4 Å². The molecule has 0 saturated carbocycles. The van der Waals surface area contributed by atoms with E-state index in [0.717, 1.165) is 4.31 Å². The Balaban J connectivity index is 2.58. The predicted molar refractivity (Wildman–Crippen MR) is 71.7 cm³/mol. The highest BCUT2D eigenvalue weighted by Crippen LogP contribution is 2.32. The molecule has 0 aliphatic carbocycles. The largest absolute Gasteiger partial charge is 0.478 e. The Kier molecular flexibility index (Phi) is 3.51. The predicted octanol–water partition coefficient (Wildman–Crippen LogP) is 0.944. The van der Waals surface area contributed by atoms with E-state index in [0.29, 0.717) is 30.6 Å². The quantitative estimate of drug-likeness (QED) is 0.896. The fourth-order valence-electron chi connectivity index (χ4n) is 2.23. The highest BCUT2D eigenvalue weighted by molar-refractivity contribution is 7.90. The molecule has 0 aromatic heterocycles. The second kappa shape index (κ2) is 4.82. The van der Waals surface area contributed by atoms with Gasteiger partial charge in [-0.15, -0.1) is 0 Å². The smallest absolute Gasteiger partial charge is 0.336 e. The minimum absolute atomic E-state index is 0.177. The van der Waals surface area contributed by atoms with Crippen molar-refractivity contribution in [2.75, 3.05) is 24.9 Å². The third-order valence-electron chi connectivity index (χ3n) is 3.18. The van der Waals surface area contributed by atoms with Crippen LogP contribution in [0.15, 0.2) is 18.2 Å². The molecule has 1 aromatic rings. The van der Waals surface area contributed by atoms with Gasteiger partial charge < -0.3 is 5.11 Å². The standard InChI is InChI=1S/C12H16N2O4S/c1-13(2)19(17,18)14-8-4-6-9-10(12(15)16)5-3-7-11(9)14/h3,5,7H,4,6,8H2,1-2H3,(H,15,16). The average Bonchev–Trinajstić information content (AvgIpc) is 2.36. The maximum absolute atomic E-state index is 12.2. The molecule has 0 unspecified atom stereocenters. The number of nitrogens with zero attached hydrogens (tertiary/aromatic N) is 2. The van der Waals surface area contributed by atoms with Crippen LogP contribution in [0.1, 0.15) is 22.3 Å². The van der Waals surface area contributed by atoms with Gasteiger partial charge in [-0.2, -0.15) is 12.7 Å². The Morgan fingerprint density at radius 3 is 2.63 bits per heavy atom. The molecule has 1 aromatic carbocycles. The second-order valence-corrected chi connectivity index (χ2v) is 6.64. The zero-order valence-corrected chi connectivity index (χ0v) is 11.6. The SMILES string of the molecule is CN(C)S(=O)(=O)N1CCCc2c(C(=O)O)cccc21. The lowest BCUT2D eigenvalue weighted by Gasteiger charge is -2.32. The molecule has 0 fully saturated rings. The zero-order valence-electron chi connectivity index (χ0n) is 10.8. The Morgan fingerprint density at radius 2 is 2.05 bits per heavy atom. The van der Waals surface area contributed by atoms with Crippen molar-refractivity contribution in [3.63, 3.8) is 0 Å². The minimum Gasteiger partial charge on any atom is -0.478 e. The number of anilines is 1. The van der Waals surface area contributed by atoms with Crippen molar-refractivity contribution in [3.8, 4) is 0 Å². The summed E-state index contributed by atoms with van der Waals surface area (Å²) in [4.78, 5) is 11.2. The van der Waals surface area contributed by atoms with Gasteiger partial charge in [0.15, 0.2) is 0 Å². The van der Waals surface area contributed by atoms with Gasteiger partial charge in [-0.1, -0.05) is 6.07 Å². The van der Waals surface area contributed by atoms with Gasteiger partial charge in [-0.3, -0.25) is 4.31 Å². The maximum Gasteiger partial charge on any atom is 0.336 e. The van der Waals surface area contributed by atoms with E-state index in [1.54, 1.807) is 12.1 Å². The molecule has 6 nitrogen and oxygen atoms in total. The van der Waals surface area contributed by atoms with Crippen LogP contribution >= 0.6 is 0 Å². The van der Waals surface area contributed by atoms with Gasteiger partial charge in [0.25, 0.3) is 0 Å². The molecule has 0 bridgehead atoms. The number of carboxylic acids is 1. The Bertz CT molecular complexity index is 610. The van der Waals surface area contributed by atoms with Crippen LogP contribution < -0.4 is 4.31 Å². The highest BCUT2D eigenvalue weighted by Gasteiger charge is 2.31. The molecule has 104 valence electrons. The van der Waals surface area contributed by atoms with Gasteiger partial charge in [0.05, 0.1) is 11.3 Å². The summed E-state index contributed by atoms with van der Waals surface area (Å²) in [5.74, 6) is -1.03. The number of carbonyl (C=O) groups is 1. The van der Waals surface area contributed by atoms with E-state index in [9.17, 15) is 13.2 Å². The van der Waals surface area contributed by atoms with Crippen LogP contribution in [0, 0.1) is 0 Å². The van der Waals surface area contributed by atoms with Crippen molar-refractivity contribution in [1.29, 1.82) is 0 Å². The van der Waals surface area contributed by atoms with Gasteiger partial charge in [-0.05, 0) is 30.5 Å². The minimum atomic E-state index is -3.58. The summed E-state index contributed by atoms with van der Waals surface area (Å²) in [6.07, 6.45) is 1.20. The van der Waals surface area contributed by atoms with Crippen LogP contribution in [0.25, 0.3) is 0 Å². The van der Waals surface area contributed by atoms with E-state index < -0.39 is 16.2 Å². The Morgan fingerprint density at radius 1 is 1.37 bits per heavy atom. The molecule has 7 heteroatoms. The molecular formula is C12H16N2O4S. The number of aromatic carboxylic acids is 1. The normalized spacial score (nSPS) is 15.4. The maximum atomic E-state index is 12.2. The van der Waals surface area contributed by atoms with Gasteiger partial charge in [0.2, 0.25) is 0 Å². The van der Waals surface area contributed by atoms with Crippen molar-refractivity contribution >= 4 is 21.9 Å². The lowest BCUT2D eigenvalue weighted by atomic mass is 9.98. The van der Waals surface area contributed by atoms with Crippen molar-refractivity contribution in [2.24, 2.45) is 0 Å². The van der Waals surface area contributed by atoms with Crippen LogP contribution in [-0.2, 0) is 16.6 Å². The molecule has 1 heterocycles. The number of hydrogen-bond donors (Lipinski definition) is 1. The van der Waals surface area contributed by atoms with Gasteiger partial charge in [0.1, 0.15) is 0 Å². The van der Waals surface area contributed by atoms with Crippen LogP contribution in [0.5, 0.6) is 0 Å². The van der Waals surface area contributed by atoms with Crippen molar-refractivity contribution < 1.29 is 18.3 Å². The molecule has 1 N–H and O–H groups in total. The first-order chi connectivity index (χ1) is 8.85. The molecule has 2 rings (SSSR count). The molecule has 0 radical (unpaired) electrons. The summed E-state index contributed by atoms with van der Waals surface area (Å²) in [6.45, 7) is 0.372. The van der Waals surface area contributed by atoms with E-state index in [2.05, 4.69) is 0 Å². The third-order valence-corrected chi connectivity index (χ3v) is 5.04. The van der Waals surface area contributed by atoms with Crippen molar-refractivity contribution in [1.82, 2.24) is 4.31 Å². The molecule has 0 spiro atoms. The second-order valence-electron chi connectivity index (χ2n) is 4.57.